The molecule has 0 amide bonds. The zero-order chi connectivity index (χ0) is 10.9. The maximum absolute atomic E-state index is 11.6. The second-order valence-electron chi connectivity index (χ2n) is 3.41. The number of methoxy groups -OCH3 is 1. The molecule has 1 aromatic heterocycles. The van der Waals surface area contributed by atoms with Crippen LogP contribution in [0.25, 0.3) is 0 Å². The Hall–Kier alpha value is -1.78. The van der Waals surface area contributed by atoms with E-state index in [0.29, 0.717) is 5.76 Å². The number of esters is 1. The molecular formula is C10H11NO4. The number of nitrogens with zero attached hydrogens (tertiary/aromatic N) is 1. The molecule has 2 heterocycles. The van der Waals surface area contributed by atoms with E-state index in [1.807, 2.05) is 0 Å². The van der Waals surface area contributed by atoms with Crippen LogP contribution in [0.3, 0.4) is 0 Å². The summed E-state index contributed by atoms with van der Waals surface area (Å²) in [5.41, 5.74) is -1.06. The molecule has 0 aliphatic carbocycles. The van der Waals surface area contributed by atoms with Gasteiger partial charge < -0.3 is 13.9 Å². The normalized spacial score (nSPS) is 28.8. The number of ether oxygens (including phenoxy) is 2. The maximum Gasteiger partial charge on any atom is 0.337 e. The van der Waals surface area contributed by atoms with Gasteiger partial charge in [-0.05, 0) is 19.1 Å². The topological polar surface area (TPSA) is 61.0 Å². The van der Waals surface area contributed by atoms with Crippen LogP contribution in [0.5, 0.6) is 0 Å². The summed E-state index contributed by atoms with van der Waals surface area (Å²) in [5.74, 6) is 0.109. The SMILES string of the molecule is COC(=O)[C@@]1(C)N=CO[C@H]1c1ccco1. The fraction of sp³-hybridized carbons (Fsp3) is 0.400. The van der Waals surface area contributed by atoms with Crippen molar-refractivity contribution in [2.75, 3.05) is 7.11 Å². The van der Waals surface area contributed by atoms with Gasteiger partial charge in [0.05, 0.1) is 13.4 Å². The Balaban J connectivity index is 2.32. The van der Waals surface area contributed by atoms with E-state index in [2.05, 4.69) is 4.99 Å². The van der Waals surface area contributed by atoms with E-state index in [4.69, 9.17) is 13.9 Å². The number of hydrogen-bond donors (Lipinski definition) is 0. The molecule has 0 radical (unpaired) electrons. The van der Waals surface area contributed by atoms with E-state index < -0.39 is 17.6 Å². The Kier molecular flexibility index (Phi) is 2.22. The lowest BCUT2D eigenvalue weighted by atomic mass is 9.94. The lowest BCUT2D eigenvalue weighted by molar-refractivity contribution is -0.149. The van der Waals surface area contributed by atoms with Crippen molar-refractivity contribution in [3.05, 3.63) is 24.2 Å². The summed E-state index contributed by atoms with van der Waals surface area (Å²) in [6, 6.07) is 3.47. The Bertz CT molecular complexity index is 384. The van der Waals surface area contributed by atoms with Gasteiger partial charge in [0.1, 0.15) is 5.76 Å². The van der Waals surface area contributed by atoms with Gasteiger partial charge in [-0.15, -0.1) is 0 Å². The van der Waals surface area contributed by atoms with Crippen LogP contribution in [0.1, 0.15) is 18.8 Å². The van der Waals surface area contributed by atoms with Gasteiger partial charge in [0.2, 0.25) is 5.54 Å². The molecule has 0 spiro atoms. The van der Waals surface area contributed by atoms with Crippen LogP contribution in [-0.2, 0) is 14.3 Å². The highest BCUT2D eigenvalue weighted by atomic mass is 16.5. The zero-order valence-electron chi connectivity index (χ0n) is 8.47. The summed E-state index contributed by atoms with van der Waals surface area (Å²) >= 11 is 0. The van der Waals surface area contributed by atoms with Gasteiger partial charge in [0.15, 0.2) is 12.5 Å². The third-order valence-corrected chi connectivity index (χ3v) is 2.43. The van der Waals surface area contributed by atoms with Crippen molar-refractivity contribution in [2.45, 2.75) is 18.6 Å². The highest BCUT2D eigenvalue weighted by Gasteiger charge is 2.49. The van der Waals surface area contributed by atoms with E-state index in [0.717, 1.165) is 0 Å². The number of rotatable bonds is 2. The predicted molar refractivity (Wildman–Crippen MR) is 51.4 cm³/mol. The maximum atomic E-state index is 11.6. The average Bonchev–Trinajstić information content (AvgIpc) is 2.85. The number of aliphatic imine (C=N–C) groups is 1. The van der Waals surface area contributed by atoms with Crippen molar-refractivity contribution in [1.29, 1.82) is 0 Å². The van der Waals surface area contributed by atoms with Gasteiger partial charge in [-0.25, -0.2) is 9.79 Å². The first-order valence-corrected chi connectivity index (χ1v) is 4.49. The molecule has 1 aliphatic rings. The van der Waals surface area contributed by atoms with E-state index in [-0.39, 0.29) is 0 Å². The molecule has 2 atom stereocenters. The fourth-order valence-electron chi connectivity index (χ4n) is 1.55. The van der Waals surface area contributed by atoms with Crippen LogP contribution in [0.15, 0.2) is 27.8 Å². The van der Waals surface area contributed by atoms with Crippen molar-refractivity contribution >= 4 is 12.4 Å². The number of furan rings is 1. The molecule has 15 heavy (non-hydrogen) atoms. The second kappa shape index (κ2) is 3.42. The molecule has 0 unspecified atom stereocenters. The van der Waals surface area contributed by atoms with Crippen molar-refractivity contribution in [3.63, 3.8) is 0 Å². The monoisotopic (exact) mass is 209 g/mol. The first-order valence-electron chi connectivity index (χ1n) is 4.49. The zero-order valence-corrected chi connectivity index (χ0v) is 8.47. The van der Waals surface area contributed by atoms with E-state index in [9.17, 15) is 4.79 Å². The summed E-state index contributed by atoms with van der Waals surface area (Å²) in [5, 5.41) is 0. The van der Waals surface area contributed by atoms with Crippen LogP contribution in [0.2, 0.25) is 0 Å². The minimum absolute atomic E-state index is 0.447. The van der Waals surface area contributed by atoms with Crippen molar-refractivity contribution in [1.82, 2.24) is 0 Å². The molecule has 0 bridgehead atoms. The van der Waals surface area contributed by atoms with Gasteiger partial charge in [0, 0.05) is 0 Å². The summed E-state index contributed by atoms with van der Waals surface area (Å²) in [6.07, 6.45) is 2.22. The molecule has 5 nitrogen and oxygen atoms in total. The molecule has 2 rings (SSSR count). The third kappa shape index (κ3) is 1.40. The van der Waals surface area contributed by atoms with Crippen LogP contribution in [0, 0.1) is 0 Å². The molecular weight excluding hydrogens is 198 g/mol. The van der Waals surface area contributed by atoms with Crippen LogP contribution >= 0.6 is 0 Å². The van der Waals surface area contributed by atoms with Crippen LogP contribution < -0.4 is 0 Å². The van der Waals surface area contributed by atoms with Crippen molar-refractivity contribution in [2.24, 2.45) is 4.99 Å². The first-order chi connectivity index (χ1) is 7.18. The van der Waals surface area contributed by atoms with Gasteiger partial charge >= 0.3 is 5.97 Å². The highest BCUT2D eigenvalue weighted by molar-refractivity contribution is 5.84. The van der Waals surface area contributed by atoms with Crippen molar-refractivity contribution in [3.8, 4) is 0 Å². The Labute approximate surface area is 86.7 Å². The third-order valence-electron chi connectivity index (χ3n) is 2.43. The smallest absolute Gasteiger partial charge is 0.337 e. The predicted octanol–water partition coefficient (Wildman–Crippen LogP) is 1.31. The van der Waals surface area contributed by atoms with Crippen LogP contribution in [0.4, 0.5) is 0 Å². The van der Waals surface area contributed by atoms with Gasteiger partial charge in [-0.1, -0.05) is 0 Å². The summed E-state index contributed by atoms with van der Waals surface area (Å²) < 4.78 is 15.1. The van der Waals surface area contributed by atoms with Gasteiger partial charge in [-0.3, -0.25) is 0 Å². The van der Waals surface area contributed by atoms with Crippen molar-refractivity contribution < 1.29 is 18.7 Å². The summed E-state index contributed by atoms with van der Waals surface area (Å²) in [6.45, 7) is 1.65. The minimum Gasteiger partial charge on any atom is -0.469 e. The standard InChI is InChI=1S/C10H11NO4/c1-10(9(12)13-2)8(15-6-11-10)7-4-3-5-14-7/h3-6,8H,1-2H3/t8-,10-/m0/s1. The molecule has 0 saturated heterocycles. The lowest BCUT2D eigenvalue weighted by Gasteiger charge is -2.22. The molecule has 0 fully saturated rings. The van der Waals surface area contributed by atoms with Gasteiger partial charge in [0.25, 0.3) is 0 Å². The number of carbonyl (C=O) groups is 1. The second-order valence-corrected chi connectivity index (χ2v) is 3.41. The quantitative estimate of drug-likeness (QED) is 0.689. The molecule has 0 N–H and O–H groups in total. The molecule has 0 saturated carbocycles. The number of hydrogen-bond acceptors (Lipinski definition) is 5. The summed E-state index contributed by atoms with van der Waals surface area (Å²) in [4.78, 5) is 15.6. The molecule has 80 valence electrons. The van der Waals surface area contributed by atoms with E-state index >= 15 is 0 Å². The van der Waals surface area contributed by atoms with Crippen LogP contribution in [-0.4, -0.2) is 25.0 Å². The van der Waals surface area contributed by atoms with Gasteiger partial charge in [-0.2, -0.15) is 0 Å². The summed E-state index contributed by atoms with van der Waals surface area (Å²) in [7, 11) is 1.32. The highest BCUT2D eigenvalue weighted by Crippen LogP contribution is 2.37. The Morgan fingerprint density at radius 3 is 3.07 bits per heavy atom. The minimum atomic E-state index is -1.06. The van der Waals surface area contributed by atoms with E-state index in [1.54, 1.807) is 19.1 Å². The first kappa shape index (κ1) is 9.76. The Morgan fingerprint density at radius 2 is 2.47 bits per heavy atom. The largest absolute Gasteiger partial charge is 0.469 e. The lowest BCUT2D eigenvalue weighted by Crippen LogP contribution is -2.38. The Morgan fingerprint density at radius 1 is 1.67 bits per heavy atom. The molecule has 1 aliphatic heterocycles. The number of carbonyl (C=O) groups excluding carboxylic acids is 1. The molecule has 1 aromatic rings. The molecule has 5 heteroatoms. The fourth-order valence-corrected chi connectivity index (χ4v) is 1.55. The van der Waals surface area contributed by atoms with E-state index in [1.165, 1.54) is 19.8 Å². The molecule has 0 aromatic carbocycles. The average molecular weight is 209 g/mol.